The summed E-state index contributed by atoms with van der Waals surface area (Å²) in [5.41, 5.74) is 0. The van der Waals surface area contributed by atoms with Crippen LogP contribution < -0.4 is 0 Å². The molecule has 0 aromatic rings. The molecule has 0 aliphatic heterocycles. The van der Waals surface area contributed by atoms with E-state index in [4.69, 9.17) is 10.0 Å². The Morgan fingerprint density at radius 1 is 0.789 bits per heavy atom. The van der Waals surface area contributed by atoms with Crippen LogP contribution in [0.5, 0.6) is 0 Å². The van der Waals surface area contributed by atoms with Crippen LogP contribution in [0.15, 0.2) is 0 Å². The summed E-state index contributed by atoms with van der Waals surface area (Å²) in [6.45, 7) is -1.58. The second-order valence-corrected chi connectivity index (χ2v) is 3.30. The molecule has 0 atom stereocenters. The zero-order chi connectivity index (χ0) is 15.7. The maximum Gasteiger partial charge on any atom is 0.633 e. The molecule has 0 radical (unpaired) electrons. The first kappa shape index (κ1) is 18.3. The zero-order valence-corrected chi connectivity index (χ0v) is 8.70. The van der Waals surface area contributed by atoms with E-state index in [0.29, 0.717) is 0 Å². The molecule has 3 nitrogen and oxygen atoms in total. The predicted octanol–water partition coefficient (Wildman–Crippen LogP) is 1.83. The lowest BCUT2D eigenvalue weighted by Gasteiger charge is -2.33. The monoisotopic (exact) mass is 308 g/mol. The zero-order valence-electron chi connectivity index (χ0n) is 8.70. The van der Waals surface area contributed by atoms with Gasteiger partial charge in [0.15, 0.2) is 0 Å². The van der Waals surface area contributed by atoms with Gasteiger partial charge in [-0.15, -0.1) is 0 Å². The molecule has 114 valence electrons. The van der Waals surface area contributed by atoms with Gasteiger partial charge >= 0.3 is 31.3 Å². The van der Waals surface area contributed by atoms with Crippen molar-refractivity contribution in [1.82, 2.24) is 0 Å². The molecule has 13 heteroatoms. The SMILES string of the molecule is OB(O)OCCC(F)(F)C(F)(F)C(F)(F)C(F)(F)F. The number of rotatable bonds is 6. The van der Waals surface area contributed by atoms with Gasteiger partial charge in [-0.25, -0.2) is 0 Å². The van der Waals surface area contributed by atoms with Gasteiger partial charge in [0.05, 0.1) is 0 Å². The van der Waals surface area contributed by atoms with Gasteiger partial charge in [0.25, 0.3) is 0 Å². The molecule has 19 heavy (non-hydrogen) atoms. The number of hydrogen-bond acceptors (Lipinski definition) is 3. The van der Waals surface area contributed by atoms with Gasteiger partial charge in [-0.05, 0) is 0 Å². The summed E-state index contributed by atoms with van der Waals surface area (Å²) in [6, 6.07) is 0. The van der Waals surface area contributed by atoms with Crippen LogP contribution in [0.2, 0.25) is 0 Å². The van der Waals surface area contributed by atoms with Crippen LogP contribution in [0, 0.1) is 0 Å². The van der Waals surface area contributed by atoms with Crippen LogP contribution >= 0.6 is 0 Å². The summed E-state index contributed by atoms with van der Waals surface area (Å²) in [7, 11) is -2.66. The van der Waals surface area contributed by atoms with Gasteiger partial charge in [-0.1, -0.05) is 0 Å². The van der Waals surface area contributed by atoms with E-state index in [2.05, 4.69) is 4.65 Å². The highest BCUT2D eigenvalue weighted by Crippen LogP contribution is 2.53. The highest BCUT2D eigenvalue weighted by molar-refractivity contribution is 6.32. The van der Waals surface area contributed by atoms with Crippen molar-refractivity contribution in [3.05, 3.63) is 0 Å². The van der Waals surface area contributed by atoms with Gasteiger partial charge in [0, 0.05) is 13.0 Å². The molecule has 0 bridgehead atoms. The summed E-state index contributed by atoms with van der Waals surface area (Å²) < 4.78 is 114. The molecule has 0 saturated carbocycles. The highest BCUT2D eigenvalue weighted by Gasteiger charge is 2.81. The van der Waals surface area contributed by atoms with Crippen LogP contribution in [-0.2, 0) is 4.65 Å². The normalized spacial score (nSPS) is 14.7. The Hall–Kier alpha value is -0.685. The molecule has 0 saturated heterocycles. The summed E-state index contributed by atoms with van der Waals surface area (Å²) in [5, 5.41) is 16.0. The largest absolute Gasteiger partial charge is 0.633 e. The van der Waals surface area contributed by atoms with Crippen LogP contribution in [0.1, 0.15) is 6.42 Å². The van der Waals surface area contributed by atoms with E-state index in [9.17, 15) is 39.5 Å². The molecule has 0 heterocycles. The molecule has 0 unspecified atom stereocenters. The molecule has 0 aromatic heterocycles. The first-order chi connectivity index (χ1) is 8.17. The third-order valence-corrected chi connectivity index (χ3v) is 1.89. The third-order valence-electron chi connectivity index (χ3n) is 1.89. The predicted molar refractivity (Wildman–Crippen MR) is 41.7 cm³/mol. The van der Waals surface area contributed by atoms with E-state index < -0.39 is 44.3 Å². The minimum Gasteiger partial charge on any atom is -0.402 e. The third kappa shape index (κ3) is 3.66. The van der Waals surface area contributed by atoms with Gasteiger partial charge < -0.3 is 14.7 Å². The van der Waals surface area contributed by atoms with E-state index in [1.807, 2.05) is 0 Å². The Bertz CT molecular complexity index is 303. The highest BCUT2D eigenvalue weighted by atomic mass is 19.4. The van der Waals surface area contributed by atoms with Crippen molar-refractivity contribution >= 4 is 7.32 Å². The first-order valence-corrected chi connectivity index (χ1v) is 4.35. The summed E-state index contributed by atoms with van der Waals surface area (Å²) in [6.07, 6.45) is -9.15. The lowest BCUT2D eigenvalue weighted by molar-refractivity contribution is -0.397. The number of hydrogen-bond donors (Lipinski definition) is 2. The molecule has 2 N–H and O–H groups in total. The summed E-state index contributed by atoms with van der Waals surface area (Å²) in [5.74, 6) is -19.5. The molecule has 0 rings (SSSR count). The molecule has 0 aromatic carbocycles. The Labute approximate surface area is 99.7 Å². The minimum atomic E-state index is -6.96. The van der Waals surface area contributed by atoms with E-state index in [-0.39, 0.29) is 0 Å². The maximum absolute atomic E-state index is 12.7. The molecule has 0 aliphatic carbocycles. The Morgan fingerprint density at radius 3 is 1.53 bits per heavy atom. The summed E-state index contributed by atoms with van der Waals surface area (Å²) >= 11 is 0. The standard InChI is InChI=1S/C6H6BF9O3/c8-3(9,1-2-19-7(17)18)4(10,11)5(12,13)6(14,15)16/h17-18H,1-2H2. The van der Waals surface area contributed by atoms with Crippen LogP contribution in [0.4, 0.5) is 39.5 Å². The average molecular weight is 308 g/mol. The maximum atomic E-state index is 12.7. The Morgan fingerprint density at radius 2 is 1.21 bits per heavy atom. The van der Waals surface area contributed by atoms with Crippen molar-refractivity contribution in [2.45, 2.75) is 30.4 Å². The topological polar surface area (TPSA) is 49.7 Å². The minimum absolute atomic E-state index is 1.58. The molecule has 0 aliphatic rings. The molecule has 0 spiro atoms. The van der Waals surface area contributed by atoms with Gasteiger partial charge in [0.2, 0.25) is 0 Å². The molecule has 0 fully saturated rings. The fraction of sp³-hybridized carbons (Fsp3) is 1.00. The second kappa shape index (κ2) is 5.36. The fourth-order valence-electron chi connectivity index (χ4n) is 0.857. The van der Waals surface area contributed by atoms with Gasteiger partial charge in [-0.3, -0.25) is 0 Å². The molecular weight excluding hydrogens is 302 g/mol. The van der Waals surface area contributed by atoms with Crippen molar-refractivity contribution in [2.24, 2.45) is 0 Å². The fourth-order valence-corrected chi connectivity index (χ4v) is 0.857. The van der Waals surface area contributed by atoms with Crippen LogP contribution in [-0.4, -0.2) is 47.9 Å². The quantitative estimate of drug-likeness (QED) is 0.581. The van der Waals surface area contributed by atoms with Crippen LogP contribution in [0.3, 0.4) is 0 Å². The lowest BCUT2D eigenvalue weighted by atomic mass is 10.0. The van der Waals surface area contributed by atoms with Crippen molar-refractivity contribution in [3.8, 4) is 0 Å². The first-order valence-electron chi connectivity index (χ1n) is 4.35. The lowest BCUT2D eigenvalue weighted by Crippen LogP contribution is -2.61. The molecule has 0 amide bonds. The van der Waals surface area contributed by atoms with Crippen molar-refractivity contribution < 1.29 is 54.2 Å². The van der Waals surface area contributed by atoms with E-state index >= 15 is 0 Å². The number of halogens is 9. The molecular formula is C6H6BF9O3. The summed E-state index contributed by atoms with van der Waals surface area (Å²) in [4.78, 5) is 0. The van der Waals surface area contributed by atoms with Gasteiger partial charge in [0.1, 0.15) is 0 Å². The van der Waals surface area contributed by atoms with E-state index in [1.165, 1.54) is 0 Å². The van der Waals surface area contributed by atoms with Crippen molar-refractivity contribution in [1.29, 1.82) is 0 Å². The second-order valence-electron chi connectivity index (χ2n) is 3.30. The van der Waals surface area contributed by atoms with Crippen LogP contribution in [0.25, 0.3) is 0 Å². The number of alkyl halides is 9. The Balaban J connectivity index is 5.06. The average Bonchev–Trinajstić information content (AvgIpc) is 2.14. The van der Waals surface area contributed by atoms with Gasteiger partial charge in [-0.2, -0.15) is 39.5 Å². The van der Waals surface area contributed by atoms with Crippen molar-refractivity contribution in [2.75, 3.05) is 6.61 Å². The smallest absolute Gasteiger partial charge is 0.402 e. The van der Waals surface area contributed by atoms with Crippen molar-refractivity contribution in [3.63, 3.8) is 0 Å². The van der Waals surface area contributed by atoms with E-state index in [0.717, 1.165) is 0 Å². The Kier molecular flexibility index (Phi) is 5.17. The van der Waals surface area contributed by atoms with E-state index in [1.54, 1.807) is 0 Å².